The third kappa shape index (κ3) is 5.54. The summed E-state index contributed by atoms with van der Waals surface area (Å²) in [7, 11) is 3.47. The van der Waals surface area contributed by atoms with Gasteiger partial charge < -0.3 is 25.0 Å². The number of halogens is 2. The molecule has 7 nitrogen and oxygen atoms in total. The van der Waals surface area contributed by atoms with Gasteiger partial charge in [-0.1, -0.05) is 11.6 Å². The lowest BCUT2D eigenvalue weighted by Gasteiger charge is -2.34. The van der Waals surface area contributed by atoms with Crippen LogP contribution in [0.15, 0.2) is 17.1 Å². The van der Waals surface area contributed by atoms with E-state index in [0.29, 0.717) is 35.4 Å². The Balaban J connectivity index is 0.00000261. The molecule has 2 N–H and O–H groups in total. The molecule has 0 aromatic heterocycles. The molecule has 27 heavy (non-hydrogen) atoms. The summed E-state index contributed by atoms with van der Waals surface area (Å²) in [6.45, 7) is 2.59. The maximum atomic E-state index is 11.5. The number of nitrogens with one attached hydrogen (secondary N) is 2. The summed E-state index contributed by atoms with van der Waals surface area (Å²) < 4.78 is 10.8. The fourth-order valence-electron chi connectivity index (χ4n) is 3.35. The van der Waals surface area contributed by atoms with E-state index in [-0.39, 0.29) is 36.7 Å². The number of amides is 1. The standard InChI is InChI=1S/C18H25ClN4O3.HI/c1-20-16(24)9-12-3-5-23(6-4-12)18(21-2)22-10-13-7-14(19)17-15(8-13)25-11-26-17;/h7-8,12H,3-6,9-11H2,1-2H3,(H,20,24)(H,21,22);1H. The number of fused-ring (bicyclic) bond motifs is 1. The number of nitrogens with zero attached hydrogens (tertiary/aromatic N) is 2. The molecule has 2 heterocycles. The highest BCUT2D eigenvalue weighted by atomic mass is 127. The fraction of sp³-hybridized carbons (Fsp3) is 0.556. The van der Waals surface area contributed by atoms with Crippen molar-refractivity contribution in [2.24, 2.45) is 10.9 Å². The van der Waals surface area contributed by atoms with Crippen LogP contribution in [0.5, 0.6) is 11.5 Å². The van der Waals surface area contributed by atoms with Gasteiger partial charge in [-0.15, -0.1) is 24.0 Å². The largest absolute Gasteiger partial charge is 0.454 e. The van der Waals surface area contributed by atoms with Gasteiger partial charge in [0.1, 0.15) is 0 Å². The van der Waals surface area contributed by atoms with Gasteiger partial charge in [-0.05, 0) is 36.5 Å². The number of carbonyl (C=O) groups excluding carboxylic acids is 1. The summed E-state index contributed by atoms with van der Waals surface area (Å²) in [5, 5.41) is 6.64. The van der Waals surface area contributed by atoms with E-state index in [1.54, 1.807) is 14.1 Å². The number of hydrogen-bond acceptors (Lipinski definition) is 4. The molecular weight excluding hydrogens is 483 g/mol. The van der Waals surface area contributed by atoms with Crippen molar-refractivity contribution in [2.45, 2.75) is 25.8 Å². The first kappa shape index (κ1) is 21.9. The molecule has 0 atom stereocenters. The number of aliphatic imine (C=N–C) groups is 1. The highest BCUT2D eigenvalue weighted by molar-refractivity contribution is 14.0. The molecule has 1 aromatic rings. The number of guanidine groups is 1. The molecule has 1 amide bonds. The van der Waals surface area contributed by atoms with Crippen molar-refractivity contribution in [2.75, 3.05) is 34.0 Å². The highest BCUT2D eigenvalue weighted by Gasteiger charge is 2.23. The third-order valence-electron chi connectivity index (χ3n) is 4.82. The van der Waals surface area contributed by atoms with Crippen LogP contribution in [0.25, 0.3) is 0 Å². The van der Waals surface area contributed by atoms with Gasteiger partial charge in [0.15, 0.2) is 17.5 Å². The molecule has 150 valence electrons. The smallest absolute Gasteiger partial charge is 0.231 e. The zero-order valence-corrected chi connectivity index (χ0v) is 18.7. The van der Waals surface area contributed by atoms with Crippen molar-refractivity contribution in [3.05, 3.63) is 22.7 Å². The third-order valence-corrected chi connectivity index (χ3v) is 5.10. The van der Waals surface area contributed by atoms with Gasteiger partial charge in [0.2, 0.25) is 12.7 Å². The molecule has 9 heteroatoms. The van der Waals surface area contributed by atoms with Crippen LogP contribution in [0.1, 0.15) is 24.8 Å². The van der Waals surface area contributed by atoms with Crippen LogP contribution in [0, 0.1) is 5.92 Å². The Kier molecular flexibility index (Phi) is 8.28. The van der Waals surface area contributed by atoms with Crippen LogP contribution < -0.4 is 20.1 Å². The summed E-state index contributed by atoms with van der Waals surface area (Å²) in [5.41, 5.74) is 1.01. The van der Waals surface area contributed by atoms with Gasteiger partial charge in [0.05, 0.1) is 5.02 Å². The number of ether oxygens (including phenoxy) is 2. The first-order valence-electron chi connectivity index (χ1n) is 8.85. The van der Waals surface area contributed by atoms with Crippen molar-refractivity contribution in [3.8, 4) is 11.5 Å². The predicted molar refractivity (Wildman–Crippen MR) is 116 cm³/mol. The highest BCUT2D eigenvalue weighted by Crippen LogP contribution is 2.39. The minimum absolute atomic E-state index is 0. The summed E-state index contributed by atoms with van der Waals surface area (Å²) in [5.74, 6) is 2.71. The van der Waals surface area contributed by atoms with Gasteiger partial charge in [-0.2, -0.15) is 0 Å². The number of likely N-dealkylation sites (tertiary alicyclic amines) is 1. The average Bonchev–Trinajstić information content (AvgIpc) is 3.12. The molecule has 1 fully saturated rings. The molecule has 2 aliphatic rings. The summed E-state index contributed by atoms with van der Waals surface area (Å²) in [4.78, 5) is 18.1. The van der Waals surface area contributed by atoms with Gasteiger partial charge >= 0.3 is 0 Å². The Hall–Kier alpha value is -1.42. The SMILES string of the molecule is CN=C(NCc1cc(Cl)c2c(c1)OCO2)N1CCC(CC(=O)NC)CC1.I. The molecule has 0 saturated carbocycles. The molecule has 0 radical (unpaired) electrons. The second kappa shape index (κ2) is 10.2. The number of benzene rings is 1. The number of hydrogen-bond donors (Lipinski definition) is 2. The Morgan fingerprint density at radius 1 is 1.33 bits per heavy atom. The van der Waals surface area contributed by atoms with E-state index in [2.05, 4.69) is 20.5 Å². The molecule has 2 aliphatic heterocycles. The van der Waals surface area contributed by atoms with Crippen molar-refractivity contribution in [1.82, 2.24) is 15.5 Å². The molecular formula is C18H26ClIN4O3. The lowest BCUT2D eigenvalue weighted by atomic mass is 9.93. The predicted octanol–water partition coefficient (Wildman–Crippen LogP) is 2.61. The van der Waals surface area contributed by atoms with E-state index in [1.165, 1.54) is 0 Å². The van der Waals surface area contributed by atoms with Crippen LogP contribution in [0.2, 0.25) is 5.02 Å². The van der Waals surface area contributed by atoms with Crippen LogP contribution in [0.4, 0.5) is 0 Å². The van der Waals surface area contributed by atoms with Crippen molar-refractivity contribution in [1.29, 1.82) is 0 Å². The normalized spacial score (nSPS) is 16.7. The lowest BCUT2D eigenvalue weighted by molar-refractivity contribution is -0.121. The number of rotatable bonds is 4. The Labute approximate surface area is 181 Å². The molecule has 3 rings (SSSR count). The van der Waals surface area contributed by atoms with E-state index >= 15 is 0 Å². The quantitative estimate of drug-likeness (QED) is 0.372. The van der Waals surface area contributed by atoms with Crippen LogP contribution in [-0.4, -0.2) is 50.7 Å². The van der Waals surface area contributed by atoms with E-state index in [1.807, 2.05) is 12.1 Å². The Morgan fingerprint density at radius 2 is 2.07 bits per heavy atom. The van der Waals surface area contributed by atoms with Gasteiger partial charge in [0.25, 0.3) is 0 Å². The van der Waals surface area contributed by atoms with Crippen molar-refractivity contribution in [3.63, 3.8) is 0 Å². The second-order valence-corrected chi connectivity index (χ2v) is 6.93. The number of piperidine rings is 1. The zero-order chi connectivity index (χ0) is 18.5. The number of carbonyl (C=O) groups is 1. The van der Waals surface area contributed by atoms with Gasteiger partial charge in [-0.3, -0.25) is 9.79 Å². The summed E-state index contributed by atoms with van der Waals surface area (Å²) in [6.07, 6.45) is 2.58. The van der Waals surface area contributed by atoms with Gasteiger partial charge in [0, 0.05) is 40.2 Å². The summed E-state index contributed by atoms with van der Waals surface area (Å²) >= 11 is 6.24. The fourth-order valence-corrected chi connectivity index (χ4v) is 3.64. The maximum Gasteiger partial charge on any atom is 0.231 e. The lowest BCUT2D eigenvalue weighted by Crippen LogP contribution is -2.45. The van der Waals surface area contributed by atoms with Gasteiger partial charge in [-0.25, -0.2) is 0 Å². The molecule has 0 bridgehead atoms. The van der Waals surface area contributed by atoms with Crippen molar-refractivity contribution >= 4 is 47.4 Å². The maximum absolute atomic E-state index is 11.5. The minimum Gasteiger partial charge on any atom is -0.454 e. The van der Waals surface area contributed by atoms with Crippen molar-refractivity contribution < 1.29 is 14.3 Å². The van der Waals surface area contributed by atoms with E-state index in [4.69, 9.17) is 21.1 Å². The van der Waals surface area contributed by atoms with Crippen LogP contribution in [0.3, 0.4) is 0 Å². The zero-order valence-electron chi connectivity index (χ0n) is 15.6. The second-order valence-electron chi connectivity index (χ2n) is 6.52. The topological polar surface area (TPSA) is 75.2 Å². The average molecular weight is 509 g/mol. The minimum atomic E-state index is 0. The summed E-state index contributed by atoms with van der Waals surface area (Å²) in [6, 6.07) is 3.81. The molecule has 0 unspecified atom stereocenters. The van der Waals surface area contributed by atoms with E-state index in [9.17, 15) is 4.79 Å². The molecule has 1 saturated heterocycles. The molecule has 1 aromatic carbocycles. The van der Waals surface area contributed by atoms with E-state index in [0.717, 1.165) is 37.5 Å². The molecule has 0 spiro atoms. The Bertz CT molecular complexity index is 693. The monoisotopic (exact) mass is 508 g/mol. The van der Waals surface area contributed by atoms with Crippen LogP contribution in [-0.2, 0) is 11.3 Å². The molecule has 0 aliphatic carbocycles. The Morgan fingerprint density at radius 3 is 2.74 bits per heavy atom. The first-order chi connectivity index (χ1) is 12.6. The first-order valence-corrected chi connectivity index (χ1v) is 9.22. The van der Waals surface area contributed by atoms with Crippen LogP contribution >= 0.6 is 35.6 Å². The van der Waals surface area contributed by atoms with E-state index < -0.39 is 0 Å².